The first-order valence-electron chi connectivity index (χ1n) is 6.12. The lowest BCUT2D eigenvalue weighted by Crippen LogP contribution is -2.28. The zero-order valence-electron chi connectivity index (χ0n) is 11.3. The summed E-state index contributed by atoms with van der Waals surface area (Å²) in [6, 6.07) is 6.93. The maximum Gasteiger partial charge on any atom is 0.231 e. The second-order valence-corrected chi connectivity index (χ2v) is 6.93. The number of hydrogen-bond donors (Lipinski definition) is 0. The molecule has 1 aromatic rings. The first-order valence-corrected chi connectivity index (χ1v) is 7.97. The van der Waals surface area contributed by atoms with E-state index in [9.17, 15) is 13.2 Å². The Morgan fingerprint density at radius 3 is 2.00 bits per heavy atom. The van der Waals surface area contributed by atoms with Crippen LogP contribution in [0.3, 0.4) is 0 Å². The molecular formula is C13H18N2O3S. The molecule has 5 nitrogen and oxygen atoms in total. The first-order chi connectivity index (χ1) is 8.80. The molecule has 1 aliphatic rings. The number of amides is 1. The van der Waals surface area contributed by atoms with Gasteiger partial charge in [-0.1, -0.05) is 0 Å². The van der Waals surface area contributed by atoms with Crippen molar-refractivity contribution in [1.29, 1.82) is 0 Å². The molecule has 19 heavy (non-hydrogen) atoms. The predicted molar refractivity (Wildman–Crippen MR) is 75.8 cm³/mol. The molecule has 1 aliphatic carbocycles. The lowest BCUT2D eigenvalue weighted by atomic mass is 10.2. The van der Waals surface area contributed by atoms with Crippen molar-refractivity contribution in [2.24, 2.45) is 5.92 Å². The van der Waals surface area contributed by atoms with Crippen LogP contribution in [-0.4, -0.2) is 34.7 Å². The molecule has 0 aromatic heterocycles. The minimum atomic E-state index is -3.26. The number of rotatable bonds is 4. The Hall–Kier alpha value is -1.56. The highest BCUT2D eigenvalue weighted by Gasteiger charge is 2.32. The summed E-state index contributed by atoms with van der Waals surface area (Å²) < 4.78 is 24.0. The second kappa shape index (κ2) is 4.85. The number of sulfonamides is 1. The fourth-order valence-corrected chi connectivity index (χ4v) is 2.31. The van der Waals surface area contributed by atoms with Crippen LogP contribution in [0.4, 0.5) is 11.4 Å². The molecule has 0 N–H and O–H groups in total. The van der Waals surface area contributed by atoms with E-state index in [1.807, 2.05) is 0 Å². The van der Waals surface area contributed by atoms with E-state index in [2.05, 4.69) is 0 Å². The molecule has 1 fully saturated rings. The molecule has 0 aliphatic heterocycles. The minimum Gasteiger partial charge on any atom is -0.315 e. The summed E-state index contributed by atoms with van der Waals surface area (Å²) in [6.07, 6.45) is 3.10. The maximum atomic E-state index is 11.9. The smallest absolute Gasteiger partial charge is 0.231 e. The molecule has 1 amide bonds. The van der Waals surface area contributed by atoms with Crippen LogP contribution in [0, 0.1) is 5.92 Å². The number of carbonyl (C=O) groups is 1. The number of anilines is 2. The topological polar surface area (TPSA) is 57.7 Å². The second-order valence-electron chi connectivity index (χ2n) is 4.92. The fourth-order valence-electron chi connectivity index (χ4n) is 1.81. The van der Waals surface area contributed by atoms with Gasteiger partial charge in [-0.2, -0.15) is 0 Å². The predicted octanol–water partition coefficient (Wildman–Crippen LogP) is 1.46. The van der Waals surface area contributed by atoms with Crippen LogP contribution in [-0.2, 0) is 14.8 Å². The van der Waals surface area contributed by atoms with Crippen molar-refractivity contribution in [2.45, 2.75) is 12.8 Å². The van der Waals surface area contributed by atoms with Crippen LogP contribution in [0.15, 0.2) is 24.3 Å². The van der Waals surface area contributed by atoms with Gasteiger partial charge in [-0.05, 0) is 37.1 Å². The summed E-state index contributed by atoms with van der Waals surface area (Å²) in [5.74, 6) is 0.299. The van der Waals surface area contributed by atoms with E-state index in [1.54, 1.807) is 36.2 Å². The summed E-state index contributed by atoms with van der Waals surface area (Å²) in [5.41, 5.74) is 1.36. The van der Waals surface area contributed by atoms with Gasteiger partial charge < -0.3 is 4.90 Å². The minimum absolute atomic E-state index is 0.129. The molecule has 2 rings (SSSR count). The Kier molecular flexibility index (Phi) is 3.54. The van der Waals surface area contributed by atoms with E-state index in [-0.39, 0.29) is 11.8 Å². The van der Waals surface area contributed by atoms with E-state index in [1.165, 1.54) is 11.4 Å². The third-order valence-electron chi connectivity index (χ3n) is 3.36. The molecule has 0 spiro atoms. The van der Waals surface area contributed by atoms with Crippen molar-refractivity contribution >= 4 is 27.3 Å². The third kappa shape index (κ3) is 3.07. The third-order valence-corrected chi connectivity index (χ3v) is 4.56. The zero-order chi connectivity index (χ0) is 14.2. The molecule has 6 heteroatoms. The number of nitrogens with zero attached hydrogens (tertiary/aromatic N) is 2. The van der Waals surface area contributed by atoms with Crippen molar-refractivity contribution in [3.05, 3.63) is 24.3 Å². The van der Waals surface area contributed by atoms with Gasteiger partial charge in [0.1, 0.15) is 0 Å². The van der Waals surface area contributed by atoms with Gasteiger partial charge in [0.2, 0.25) is 15.9 Å². The Bertz CT molecular complexity index is 576. The lowest BCUT2D eigenvalue weighted by Gasteiger charge is -2.20. The average Bonchev–Trinajstić information content (AvgIpc) is 3.19. The van der Waals surface area contributed by atoms with Crippen LogP contribution in [0.5, 0.6) is 0 Å². The highest BCUT2D eigenvalue weighted by atomic mass is 32.2. The van der Waals surface area contributed by atoms with E-state index < -0.39 is 10.0 Å². The van der Waals surface area contributed by atoms with Gasteiger partial charge in [-0.25, -0.2) is 8.42 Å². The maximum absolute atomic E-state index is 11.9. The Morgan fingerprint density at radius 2 is 1.58 bits per heavy atom. The van der Waals surface area contributed by atoms with E-state index >= 15 is 0 Å². The average molecular weight is 282 g/mol. The largest absolute Gasteiger partial charge is 0.315 e. The molecule has 1 aromatic carbocycles. The molecule has 0 radical (unpaired) electrons. The summed E-state index contributed by atoms with van der Waals surface area (Å²) in [7, 11) is -0.00661. The van der Waals surface area contributed by atoms with Crippen molar-refractivity contribution in [1.82, 2.24) is 0 Å². The normalized spacial score (nSPS) is 15.1. The first kappa shape index (κ1) is 13.9. The van der Waals surface area contributed by atoms with Crippen molar-refractivity contribution < 1.29 is 13.2 Å². The van der Waals surface area contributed by atoms with E-state index in [0.717, 1.165) is 24.8 Å². The molecule has 0 atom stereocenters. The molecule has 0 unspecified atom stereocenters. The number of benzene rings is 1. The van der Waals surface area contributed by atoms with Gasteiger partial charge in [0.15, 0.2) is 0 Å². The van der Waals surface area contributed by atoms with Crippen molar-refractivity contribution in [2.75, 3.05) is 29.6 Å². The Labute approximate surface area is 113 Å². The lowest BCUT2D eigenvalue weighted by molar-refractivity contribution is -0.119. The summed E-state index contributed by atoms with van der Waals surface area (Å²) in [6.45, 7) is 0. The Morgan fingerprint density at radius 1 is 1.11 bits per heavy atom. The van der Waals surface area contributed by atoms with Crippen LogP contribution in [0.25, 0.3) is 0 Å². The SMILES string of the molecule is CN(C(=O)C1CC1)c1ccc(N(C)S(C)(=O)=O)cc1. The summed E-state index contributed by atoms with van der Waals surface area (Å²) in [5, 5.41) is 0. The molecular weight excluding hydrogens is 264 g/mol. The monoisotopic (exact) mass is 282 g/mol. The summed E-state index contributed by atoms with van der Waals surface area (Å²) in [4.78, 5) is 13.5. The van der Waals surface area contributed by atoms with Gasteiger partial charge in [0, 0.05) is 25.7 Å². The molecule has 0 heterocycles. The highest BCUT2D eigenvalue weighted by Crippen LogP contribution is 2.32. The Balaban J connectivity index is 2.16. The number of carbonyl (C=O) groups excluding carboxylic acids is 1. The van der Waals surface area contributed by atoms with E-state index in [0.29, 0.717) is 5.69 Å². The van der Waals surface area contributed by atoms with Crippen LogP contribution >= 0.6 is 0 Å². The number of hydrogen-bond acceptors (Lipinski definition) is 3. The van der Waals surface area contributed by atoms with E-state index in [4.69, 9.17) is 0 Å². The van der Waals surface area contributed by atoms with Gasteiger partial charge in [0.25, 0.3) is 0 Å². The van der Waals surface area contributed by atoms with Crippen LogP contribution in [0.2, 0.25) is 0 Å². The quantitative estimate of drug-likeness (QED) is 0.840. The van der Waals surface area contributed by atoms with Crippen LogP contribution in [0.1, 0.15) is 12.8 Å². The molecule has 0 bridgehead atoms. The van der Waals surface area contributed by atoms with Crippen molar-refractivity contribution in [3.8, 4) is 0 Å². The summed E-state index contributed by atoms with van der Waals surface area (Å²) >= 11 is 0. The van der Waals surface area contributed by atoms with Gasteiger partial charge >= 0.3 is 0 Å². The van der Waals surface area contributed by atoms with Gasteiger partial charge in [-0.3, -0.25) is 9.10 Å². The zero-order valence-corrected chi connectivity index (χ0v) is 12.1. The molecule has 0 saturated heterocycles. The molecule has 104 valence electrons. The molecule has 1 saturated carbocycles. The van der Waals surface area contributed by atoms with Crippen molar-refractivity contribution in [3.63, 3.8) is 0 Å². The van der Waals surface area contributed by atoms with Gasteiger partial charge in [0.05, 0.1) is 11.9 Å². The highest BCUT2D eigenvalue weighted by molar-refractivity contribution is 7.92. The van der Waals surface area contributed by atoms with Gasteiger partial charge in [-0.15, -0.1) is 0 Å². The standard InChI is InChI=1S/C13H18N2O3S/c1-14(13(16)10-4-5-10)11-6-8-12(9-7-11)15(2)19(3,17)18/h6-10H,4-5H2,1-3H3. The van der Waals surface area contributed by atoms with Crippen LogP contribution < -0.4 is 9.21 Å². The fraction of sp³-hybridized carbons (Fsp3) is 0.462.